The average molecular weight is 329 g/mol. The van der Waals surface area contributed by atoms with E-state index < -0.39 is 5.97 Å². The summed E-state index contributed by atoms with van der Waals surface area (Å²) in [5, 5.41) is 10.2. The largest absolute Gasteiger partial charge is 0.481 e. The first-order valence-corrected chi connectivity index (χ1v) is 7.90. The van der Waals surface area contributed by atoms with E-state index in [-0.39, 0.29) is 11.8 Å². The number of halogens is 1. The summed E-state index contributed by atoms with van der Waals surface area (Å²) in [4.78, 5) is 15.3. The zero-order valence-corrected chi connectivity index (χ0v) is 13.4. The van der Waals surface area contributed by atoms with E-state index in [0.717, 1.165) is 17.5 Å². The zero-order chi connectivity index (χ0) is 15.4. The minimum absolute atomic E-state index is 0.0198. The van der Waals surface area contributed by atoms with Gasteiger partial charge in [-0.25, -0.2) is 4.98 Å². The average Bonchev–Trinajstić information content (AvgIpc) is 2.80. The second-order valence-electron chi connectivity index (χ2n) is 4.71. The molecule has 0 aliphatic rings. The van der Waals surface area contributed by atoms with E-state index in [1.807, 2.05) is 16.7 Å². The predicted molar refractivity (Wildman–Crippen MR) is 84.3 cm³/mol. The van der Waals surface area contributed by atoms with Crippen LogP contribution in [0.1, 0.15) is 19.4 Å². The molecule has 0 radical (unpaired) electrons. The van der Waals surface area contributed by atoms with Crippen LogP contribution in [0.4, 0.5) is 0 Å². The molecule has 1 aromatic carbocycles. The molecule has 7 heteroatoms. The number of thioether (sulfide) groups is 1. The van der Waals surface area contributed by atoms with Gasteiger partial charge in [0.2, 0.25) is 0 Å². The van der Waals surface area contributed by atoms with E-state index in [1.54, 1.807) is 13.2 Å². The van der Waals surface area contributed by atoms with Gasteiger partial charge in [0.25, 0.3) is 0 Å². The van der Waals surface area contributed by atoms with Gasteiger partial charge in [-0.05, 0) is 31.5 Å². The molecule has 0 spiro atoms. The van der Waals surface area contributed by atoms with Crippen LogP contribution in [0.25, 0.3) is 11.0 Å². The number of hydrogen-bond acceptors (Lipinski definition) is 4. The van der Waals surface area contributed by atoms with Crippen molar-refractivity contribution in [3.8, 4) is 0 Å². The lowest BCUT2D eigenvalue weighted by molar-refractivity contribution is -0.133. The lowest BCUT2D eigenvalue weighted by Gasteiger charge is -2.16. The van der Waals surface area contributed by atoms with Gasteiger partial charge in [0, 0.05) is 24.8 Å². The number of aromatic nitrogens is 2. The fourth-order valence-corrected chi connectivity index (χ4v) is 3.11. The summed E-state index contributed by atoms with van der Waals surface area (Å²) in [6, 6.07) is 5.64. The summed E-state index contributed by atoms with van der Waals surface area (Å²) < 4.78 is 7.16. The molecular formula is C14H17ClN2O3S. The number of nitrogens with zero attached hydrogens (tertiary/aromatic N) is 2. The number of methoxy groups -OCH3 is 1. The molecule has 1 unspecified atom stereocenters. The summed E-state index contributed by atoms with van der Waals surface area (Å²) in [7, 11) is 1.66. The van der Waals surface area contributed by atoms with Crippen LogP contribution < -0.4 is 0 Å². The lowest BCUT2D eigenvalue weighted by atomic mass is 10.2. The van der Waals surface area contributed by atoms with Crippen LogP contribution in [-0.4, -0.2) is 40.1 Å². The van der Waals surface area contributed by atoms with Gasteiger partial charge in [-0.1, -0.05) is 23.4 Å². The summed E-state index contributed by atoms with van der Waals surface area (Å²) in [5.41, 5.74) is 1.73. The Hall–Kier alpha value is -1.24. The predicted octanol–water partition coefficient (Wildman–Crippen LogP) is 3.46. The van der Waals surface area contributed by atoms with E-state index in [0.29, 0.717) is 16.8 Å². The van der Waals surface area contributed by atoms with Crippen molar-refractivity contribution in [2.24, 2.45) is 0 Å². The van der Waals surface area contributed by atoms with Crippen LogP contribution >= 0.6 is 23.4 Å². The van der Waals surface area contributed by atoms with Gasteiger partial charge in [0.15, 0.2) is 5.16 Å². The highest BCUT2D eigenvalue weighted by molar-refractivity contribution is 7.99. The standard InChI is InChI=1S/C14H17ClN2O3S/c1-9(5-6-20-2)17-12-7-10(15)3-4-11(12)16-14(17)21-8-13(18)19/h3-4,7,9H,5-6,8H2,1-2H3,(H,18,19). The highest BCUT2D eigenvalue weighted by Crippen LogP contribution is 2.30. The van der Waals surface area contributed by atoms with Crippen LogP contribution in [0.3, 0.4) is 0 Å². The van der Waals surface area contributed by atoms with Crippen molar-refractivity contribution in [3.63, 3.8) is 0 Å². The van der Waals surface area contributed by atoms with E-state index in [2.05, 4.69) is 11.9 Å². The number of rotatable bonds is 7. The molecule has 0 bridgehead atoms. The fourth-order valence-electron chi connectivity index (χ4n) is 2.12. The monoisotopic (exact) mass is 328 g/mol. The molecule has 1 N–H and O–H groups in total. The number of aliphatic carboxylic acids is 1. The van der Waals surface area contributed by atoms with Crippen molar-refractivity contribution in [3.05, 3.63) is 23.2 Å². The van der Waals surface area contributed by atoms with Crippen molar-refractivity contribution in [2.75, 3.05) is 19.5 Å². The van der Waals surface area contributed by atoms with Crippen LogP contribution in [0.5, 0.6) is 0 Å². The number of carboxylic acid groups (broad SMARTS) is 1. The number of imidazole rings is 1. The van der Waals surface area contributed by atoms with Gasteiger partial charge in [0.05, 0.1) is 16.8 Å². The van der Waals surface area contributed by atoms with Crippen LogP contribution in [-0.2, 0) is 9.53 Å². The Morgan fingerprint density at radius 1 is 1.57 bits per heavy atom. The normalized spacial score (nSPS) is 12.7. The topological polar surface area (TPSA) is 64.3 Å². The first kappa shape index (κ1) is 16.1. The van der Waals surface area contributed by atoms with Gasteiger partial charge < -0.3 is 14.4 Å². The third-order valence-corrected chi connectivity index (χ3v) is 4.30. The van der Waals surface area contributed by atoms with Gasteiger partial charge in [-0.15, -0.1) is 0 Å². The maximum absolute atomic E-state index is 10.8. The molecule has 1 aromatic heterocycles. The molecule has 0 amide bonds. The first-order valence-electron chi connectivity index (χ1n) is 6.54. The van der Waals surface area contributed by atoms with Crippen molar-refractivity contribution in [2.45, 2.75) is 24.5 Å². The first-order chi connectivity index (χ1) is 10.0. The SMILES string of the molecule is COCCC(C)n1c(SCC(=O)O)nc2ccc(Cl)cc21. The van der Waals surface area contributed by atoms with Crippen LogP contribution in [0.15, 0.2) is 23.4 Å². The Morgan fingerprint density at radius 2 is 2.33 bits per heavy atom. The number of benzene rings is 1. The third-order valence-electron chi connectivity index (χ3n) is 3.12. The molecule has 0 fully saturated rings. The summed E-state index contributed by atoms with van der Waals surface area (Å²) in [5.74, 6) is -0.880. The summed E-state index contributed by atoms with van der Waals surface area (Å²) >= 11 is 7.29. The molecule has 1 atom stereocenters. The van der Waals surface area contributed by atoms with E-state index >= 15 is 0 Å². The van der Waals surface area contributed by atoms with Crippen LogP contribution in [0.2, 0.25) is 5.02 Å². The van der Waals surface area contributed by atoms with Crippen molar-refractivity contribution in [1.82, 2.24) is 9.55 Å². The summed E-state index contributed by atoms with van der Waals surface area (Å²) in [6.45, 7) is 2.69. The lowest BCUT2D eigenvalue weighted by Crippen LogP contribution is -2.10. The van der Waals surface area contributed by atoms with E-state index in [9.17, 15) is 4.79 Å². The molecule has 114 valence electrons. The molecule has 2 aromatic rings. The van der Waals surface area contributed by atoms with Gasteiger partial charge in [-0.2, -0.15) is 0 Å². The number of fused-ring (bicyclic) bond motifs is 1. The second kappa shape index (κ2) is 7.15. The molecule has 0 saturated heterocycles. The Morgan fingerprint density at radius 3 is 3.00 bits per heavy atom. The maximum Gasteiger partial charge on any atom is 0.313 e. The Labute approximate surface area is 132 Å². The number of hydrogen-bond donors (Lipinski definition) is 1. The molecule has 1 heterocycles. The van der Waals surface area contributed by atoms with Crippen molar-refractivity contribution < 1.29 is 14.6 Å². The summed E-state index contributed by atoms with van der Waals surface area (Å²) in [6.07, 6.45) is 0.815. The molecule has 0 aliphatic heterocycles. The van der Waals surface area contributed by atoms with Crippen molar-refractivity contribution in [1.29, 1.82) is 0 Å². The Bertz CT molecular complexity index is 644. The molecule has 0 saturated carbocycles. The minimum atomic E-state index is -0.860. The van der Waals surface area contributed by atoms with E-state index in [4.69, 9.17) is 21.4 Å². The fraction of sp³-hybridized carbons (Fsp3) is 0.429. The number of carboxylic acids is 1. The Balaban J connectivity index is 2.42. The number of carbonyl (C=O) groups is 1. The quantitative estimate of drug-likeness (QED) is 0.788. The smallest absolute Gasteiger partial charge is 0.313 e. The Kier molecular flexibility index (Phi) is 5.50. The third kappa shape index (κ3) is 3.90. The maximum atomic E-state index is 10.8. The molecule has 5 nitrogen and oxygen atoms in total. The van der Waals surface area contributed by atoms with Gasteiger partial charge >= 0.3 is 5.97 Å². The van der Waals surface area contributed by atoms with Crippen molar-refractivity contribution >= 4 is 40.4 Å². The van der Waals surface area contributed by atoms with Gasteiger partial charge in [0.1, 0.15) is 0 Å². The number of ether oxygens (including phenoxy) is 1. The zero-order valence-electron chi connectivity index (χ0n) is 11.9. The highest BCUT2D eigenvalue weighted by atomic mass is 35.5. The molecule has 0 aliphatic carbocycles. The minimum Gasteiger partial charge on any atom is -0.481 e. The van der Waals surface area contributed by atoms with Crippen LogP contribution in [0, 0.1) is 0 Å². The molecular weight excluding hydrogens is 312 g/mol. The van der Waals surface area contributed by atoms with Gasteiger partial charge in [-0.3, -0.25) is 4.79 Å². The van der Waals surface area contributed by atoms with E-state index in [1.165, 1.54) is 11.8 Å². The molecule has 21 heavy (non-hydrogen) atoms. The second-order valence-corrected chi connectivity index (χ2v) is 6.09. The highest BCUT2D eigenvalue weighted by Gasteiger charge is 2.17. The molecule has 2 rings (SSSR count).